The van der Waals surface area contributed by atoms with Gasteiger partial charge in [0.05, 0.1) is 43.0 Å². The van der Waals surface area contributed by atoms with Gasteiger partial charge in [-0.3, -0.25) is 4.79 Å². The predicted molar refractivity (Wildman–Crippen MR) is 284 cm³/mol. The van der Waals surface area contributed by atoms with Crippen LogP contribution in [0.2, 0.25) is 0 Å². The minimum absolute atomic E-state index is 0.0168. The maximum atomic E-state index is 14.0. The number of aliphatic hydroxyl groups excluding tert-OH is 3. The number of amides is 6. The van der Waals surface area contributed by atoms with Crippen LogP contribution in [-0.4, -0.2) is 206 Å². The Hall–Kier alpha value is -4.96. The maximum absolute atomic E-state index is 14.0. The molecule has 79 heavy (non-hydrogen) atoms. The number of hydrogen-bond donors (Lipinski definition) is 11. The molecule has 0 aromatic rings. The van der Waals surface area contributed by atoms with Crippen LogP contribution in [0.4, 0.5) is 24.0 Å². The van der Waals surface area contributed by atoms with Crippen LogP contribution >= 0.6 is 0 Å². The predicted octanol–water partition coefficient (Wildman–Crippen LogP) is 2.68. The summed E-state index contributed by atoms with van der Waals surface area (Å²) in [7, 11) is 1.31. The fraction of sp³-hybridized carbons (Fsp3) is 0.849. The van der Waals surface area contributed by atoms with Crippen molar-refractivity contribution in [2.24, 2.45) is 5.92 Å². The molecule has 0 aromatic heterocycles. The van der Waals surface area contributed by atoms with E-state index in [0.29, 0.717) is 5.76 Å². The van der Waals surface area contributed by atoms with Gasteiger partial charge < -0.3 is 100 Å². The second-order valence-corrected chi connectivity index (χ2v) is 26.4. The van der Waals surface area contributed by atoms with Crippen LogP contribution in [0.1, 0.15) is 143 Å². The molecular formula is C53H93N7O19. The summed E-state index contributed by atoms with van der Waals surface area (Å²) in [6.45, 7) is 25.8. The van der Waals surface area contributed by atoms with Crippen LogP contribution in [0.5, 0.6) is 0 Å². The molecule has 0 radical (unpaired) electrons. The number of aliphatic hydroxyl groups is 5. The molecule has 0 spiro atoms. The number of carbonyl (C=O) groups excluding carboxylic acids is 6. The van der Waals surface area contributed by atoms with E-state index in [1.807, 2.05) is 0 Å². The molecule has 3 fully saturated rings. The first kappa shape index (κ1) is 66.6. The molecule has 2 heterocycles. The summed E-state index contributed by atoms with van der Waals surface area (Å²) in [6.07, 6.45) is -12.6. The van der Waals surface area contributed by atoms with Crippen molar-refractivity contribution in [1.82, 2.24) is 36.8 Å². The number of alkyl carbamates (subject to hydrolysis) is 4. The molecule has 11 N–H and O–H groups in total. The first-order valence-corrected chi connectivity index (χ1v) is 27.0. The van der Waals surface area contributed by atoms with Crippen LogP contribution in [0.25, 0.3) is 0 Å². The van der Waals surface area contributed by atoms with E-state index in [-0.39, 0.29) is 57.8 Å². The van der Waals surface area contributed by atoms with Crippen molar-refractivity contribution in [2.75, 3.05) is 33.3 Å². The van der Waals surface area contributed by atoms with Crippen molar-refractivity contribution in [3.8, 4) is 0 Å². The number of likely N-dealkylation sites (N-methyl/N-ethyl adjacent to an activating group) is 1. The van der Waals surface area contributed by atoms with Gasteiger partial charge in [0.25, 0.3) is 0 Å². The molecule has 6 amide bonds. The van der Waals surface area contributed by atoms with E-state index >= 15 is 0 Å². The molecule has 0 bridgehead atoms. The van der Waals surface area contributed by atoms with Crippen LogP contribution in [-0.2, 0) is 42.7 Å². The zero-order chi connectivity index (χ0) is 60.0. The molecule has 26 nitrogen and oxygen atoms in total. The van der Waals surface area contributed by atoms with E-state index in [0.717, 1.165) is 4.90 Å². The van der Waals surface area contributed by atoms with Crippen molar-refractivity contribution < 1.29 is 92.2 Å². The summed E-state index contributed by atoms with van der Waals surface area (Å²) in [5, 5.41) is 76.0. The Kier molecular flexibility index (Phi) is 21.8. The second-order valence-electron chi connectivity index (χ2n) is 26.4. The molecule has 1 saturated heterocycles. The molecule has 4 rings (SSSR count). The highest BCUT2D eigenvalue weighted by Gasteiger charge is 2.57. The quantitative estimate of drug-likeness (QED) is 0.0990. The Balaban J connectivity index is 1.75. The van der Waals surface area contributed by atoms with Crippen molar-refractivity contribution >= 4 is 36.4 Å². The molecule has 2 saturated carbocycles. The molecule has 26 heteroatoms. The number of rotatable bonds is 16. The first-order valence-electron chi connectivity index (χ1n) is 27.0. The van der Waals surface area contributed by atoms with Gasteiger partial charge >= 0.3 is 30.5 Å². The van der Waals surface area contributed by atoms with Crippen molar-refractivity contribution in [2.45, 2.75) is 249 Å². The van der Waals surface area contributed by atoms with Gasteiger partial charge in [0.2, 0.25) is 5.91 Å². The highest BCUT2D eigenvalue weighted by atomic mass is 16.7. The van der Waals surface area contributed by atoms with E-state index in [1.54, 1.807) is 110 Å². The zero-order valence-corrected chi connectivity index (χ0v) is 49.3. The highest BCUT2D eigenvalue weighted by molar-refractivity contribution is 5.81. The van der Waals surface area contributed by atoms with Crippen LogP contribution in [0, 0.1) is 5.92 Å². The lowest BCUT2D eigenvalue weighted by Crippen LogP contribution is -2.71. The number of nitrogens with one attached hydrogen (secondary N) is 6. The zero-order valence-electron chi connectivity index (χ0n) is 49.3. The fourth-order valence-corrected chi connectivity index (χ4v) is 9.72. The average molecular weight is 1130 g/mol. The van der Waals surface area contributed by atoms with E-state index in [9.17, 15) is 54.3 Å². The highest BCUT2D eigenvalue weighted by Crippen LogP contribution is 2.39. The Morgan fingerprint density at radius 3 is 1.75 bits per heavy atom. The van der Waals surface area contributed by atoms with Gasteiger partial charge in [0, 0.05) is 38.1 Å². The Morgan fingerprint density at radius 1 is 0.709 bits per heavy atom. The van der Waals surface area contributed by atoms with Crippen LogP contribution < -0.4 is 31.9 Å². The third-order valence-electron chi connectivity index (χ3n) is 12.8. The van der Waals surface area contributed by atoms with Crippen molar-refractivity contribution in [1.29, 1.82) is 0 Å². The maximum Gasteiger partial charge on any atom is 0.410 e. The van der Waals surface area contributed by atoms with Gasteiger partial charge in [-0.05, 0) is 149 Å². The topological polar surface area (TPSA) is 353 Å². The summed E-state index contributed by atoms with van der Waals surface area (Å²) >= 11 is 0. The SMILES string of the molecule is CN(C(=O)OC(C)(C)C)[C@@H]1[C@@H](O)[C@@H](O[C@H]2[C@H](NC(=O)[C@@H](O)CCNC(=O)OC(C)(C)C)C[C@H](NC(=O)OC(C)(C)C)C([C@H]3OC(CNCC4(O)CC(NC(=O)OC(C)(C)C)C4)=CC[C@H]3NC(=O)OC(C)(C)C)[C@@H]2O)OC[C@]1(C)O. The van der Waals surface area contributed by atoms with E-state index in [4.69, 9.17) is 37.9 Å². The normalized spacial score (nSPS) is 30.8. The Labute approximate surface area is 464 Å². The van der Waals surface area contributed by atoms with Crippen LogP contribution in [0.3, 0.4) is 0 Å². The molecule has 4 aliphatic rings. The molecular weight excluding hydrogens is 1040 g/mol. The number of carbonyl (C=O) groups is 6. The summed E-state index contributed by atoms with van der Waals surface area (Å²) in [4.78, 5) is 80.7. The minimum atomic E-state index is -1.90. The van der Waals surface area contributed by atoms with E-state index in [2.05, 4.69) is 31.9 Å². The molecule has 454 valence electrons. The lowest BCUT2D eigenvalue weighted by atomic mass is 9.72. The third-order valence-corrected chi connectivity index (χ3v) is 12.8. The summed E-state index contributed by atoms with van der Waals surface area (Å²) < 4.78 is 46.7. The summed E-state index contributed by atoms with van der Waals surface area (Å²) in [5.74, 6) is -1.99. The van der Waals surface area contributed by atoms with Crippen molar-refractivity contribution in [3.63, 3.8) is 0 Å². The largest absolute Gasteiger partial charge is 0.491 e. The summed E-state index contributed by atoms with van der Waals surface area (Å²) in [5.41, 5.74) is -7.58. The standard InChI is InChI=1S/C53H93N7O19/c1-47(2,3)75-42(65)55-21-20-33(61)40(64)57-32-22-31(59-45(68)78-50(10,11)12)34(35(62)38(32)74-41-36(63)39(52(16,70)27-72-41)60(17)46(69)79-51(13,14)15)37-30(58-44(67)77-49(7,8)9)19-18-29(73-37)25-54-26-53(71)23-28(24-53)56-43(66)76-48(4,5)6/h18,28,30-39,41,54,61-63,70-71H,19-27H2,1-17H3,(H,55,65)(H,56,66)(H,57,64)(H,58,67)(H,59,68)/t28?,30-,31+,32-,33+,34?,35+,36-,37+,38+,39-,41-,52+,53?/m1/s1. The number of nitrogens with zero attached hydrogens (tertiary/aromatic N) is 1. The molecule has 1 unspecified atom stereocenters. The molecule has 0 aromatic carbocycles. The molecule has 2 aliphatic heterocycles. The third kappa shape index (κ3) is 21.1. The van der Waals surface area contributed by atoms with Gasteiger partial charge in [0.15, 0.2) is 6.29 Å². The average Bonchev–Trinajstić information content (AvgIpc) is 3.22. The monoisotopic (exact) mass is 1130 g/mol. The van der Waals surface area contributed by atoms with Gasteiger partial charge in [-0.15, -0.1) is 0 Å². The van der Waals surface area contributed by atoms with Gasteiger partial charge in [-0.1, -0.05) is 0 Å². The Bertz CT molecular complexity index is 2140. The van der Waals surface area contributed by atoms with Gasteiger partial charge in [0.1, 0.15) is 63.8 Å². The molecule has 12 atom stereocenters. The van der Waals surface area contributed by atoms with Gasteiger partial charge in [-0.2, -0.15) is 0 Å². The smallest absolute Gasteiger partial charge is 0.410 e. The fourth-order valence-electron chi connectivity index (χ4n) is 9.72. The van der Waals surface area contributed by atoms with Crippen LogP contribution in [0.15, 0.2) is 11.8 Å². The lowest BCUT2D eigenvalue weighted by Gasteiger charge is -2.52. The number of hydrogen-bond acceptors (Lipinski definition) is 20. The number of ether oxygens (including phenoxy) is 8. The second kappa shape index (κ2) is 25.9. The molecule has 2 aliphatic carbocycles. The first-order chi connectivity index (χ1) is 35.9. The minimum Gasteiger partial charge on any atom is -0.491 e. The van der Waals surface area contributed by atoms with E-state index in [1.165, 1.54) is 14.0 Å². The Morgan fingerprint density at radius 2 is 1.22 bits per heavy atom. The summed E-state index contributed by atoms with van der Waals surface area (Å²) in [6, 6.07) is -5.35. The lowest BCUT2D eigenvalue weighted by molar-refractivity contribution is -0.305. The van der Waals surface area contributed by atoms with E-state index < -0.39 is 149 Å². The van der Waals surface area contributed by atoms with Gasteiger partial charge in [-0.25, -0.2) is 24.0 Å². The van der Waals surface area contributed by atoms with Crippen molar-refractivity contribution in [3.05, 3.63) is 11.8 Å².